The van der Waals surface area contributed by atoms with Crippen molar-refractivity contribution in [1.29, 1.82) is 0 Å². The lowest BCUT2D eigenvalue weighted by atomic mass is 10.1. The SMILES string of the molecule is CCCCCCCCOC1CCCC1N. The Hall–Kier alpha value is -0.0800. The molecule has 0 spiro atoms. The minimum Gasteiger partial charge on any atom is -0.377 e. The largest absolute Gasteiger partial charge is 0.377 e. The number of ether oxygens (including phenoxy) is 1. The molecule has 0 bridgehead atoms. The summed E-state index contributed by atoms with van der Waals surface area (Å²) in [5.74, 6) is 0. The van der Waals surface area contributed by atoms with E-state index < -0.39 is 0 Å². The molecule has 15 heavy (non-hydrogen) atoms. The van der Waals surface area contributed by atoms with Crippen LogP contribution >= 0.6 is 0 Å². The van der Waals surface area contributed by atoms with Gasteiger partial charge in [0.2, 0.25) is 0 Å². The summed E-state index contributed by atoms with van der Waals surface area (Å²) in [6.07, 6.45) is 11.9. The fraction of sp³-hybridized carbons (Fsp3) is 1.00. The molecule has 1 rings (SSSR count). The van der Waals surface area contributed by atoms with Gasteiger partial charge in [0.05, 0.1) is 6.10 Å². The highest BCUT2D eigenvalue weighted by atomic mass is 16.5. The topological polar surface area (TPSA) is 35.2 Å². The van der Waals surface area contributed by atoms with Crippen LogP contribution in [0.3, 0.4) is 0 Å². The van der Waals surface area contributed by atoms with E-state index in [2.05, 4.69) is 6.92 Å². The molecular formula is C13H27NO. The summed E-state index contributed by atoms with van der Waals surface area (Å²) >= 11 is 0. The second-order valence-corrected chi connectivity index (χ2v) is 4.77. The van der Waals surface area contributed by atoms with E-state index in [0.717, 1.165) is 13.0 Å². The molecular weight excluding hydrogens is 186 g/mol. The standard InChI is InChI=1S/C13H27NO/c1-2-3-4-5-6-7-11-15-13-10-8-9-12(13)14/h12-13H,2-11,14H2,1H3. The third kappa shape index (κ3) is 5.53. The molecule has 2 N–H and O–H groups in total. The zero-order chi connectivity index (χ0) is 10.9. The van der Waals surface area contributed by atoms with Gasteiger partial charge < -0.3 is 10.5 Å². The Kier molecular flexibility index (Phi) is 7.03. The third-order valence-corrected chi connectivity index (χ3v) is 3.33. The van der Waals surface area contributed by atoms with E-state index in [0.29, 0.717) is 12.1 Å². The molecule has 2 unspecified atom stereocenters. The van der Waals surface area contributed by atoms with Crippen LogP contribution in [0.1, 0.15) is 64.7 Å². The molecule has 0 aliphatic heterocycles. The van der Waals surface area contributed by atoms with Gasteiger partial charge in [-0.15, -0.1) is 0 Å². The summed E-state index contributed by atoms with van der Waals surface area (Å²) in [5.41, 5.74) is 5.93. The highest BCUT2D eigenvalue weighted by Crippen LogP contribution is 2.20. The number of unbranched alkanes of at least 4 members (excludes halogenated alkanes) is 5. The lowest BCUT2D eigenvalue weighted by Gasteiger charge is -2.16. The van der Waals surface area contributed by atoms with Crippen LogP contribution in [0.25, 0.3) is 0 Å². The van der Waals surface area contributed by atoms with E-state index in [1.165, 1.54) is 51.4 Å². The van der Waals surface area contributed by atoms with Crippen LogP contribution in [0.5, 0.6) is 0 Å². The van der Waals surface area contributed by atoms with Gasteiger partial charge in [0, 0.05) is 12.6 Å². The molecule has 0 radical (unpaired) electrons. The van der Waals surface area contributed by atoms with Gasteiger partial charge in [-0.05, 0) is 25.7 Å². The Morgan fingerprint density at radius 3 is 2.47 bits per heavy atom. The normalized spacial score (nSPS) is 26.0. The molecule has 0 aromatic carbocycles. The van der Waals surface area contributed by atoms with E-state index in [-0.39, 0.29) is 0 Å². The second-order valence-electron chi connectivity index (χ2n) is 4.77. The van der Waals surface area contributed by atoms with Crippen molar-refractivity contribution in [3.8, 4) is 0 Å². The first kappa shape index (κ1) is 13.0. The van der Waals surface area contributed by atoms with Gasteiger partial charge in [-0.25, -0.2) is 0 Å². The minimum atomic E-state index is 0.310. The van der Waals surface area contributed by atoms with Crippen LogP contribution in [0.4, 0.5) is 0 Å². The van der Waals surface area contributed by atoms with Gasteiger partial charge in [0.15, 0.2) is 0 Å². The molecule has 1 aliphatic carbocycles. The molecule has 0 aromatic rings. The van der Waals surface area contributed by atoms with Crippen LogP contribution in [0, 0.1) is 0 Å². The van der Waals surface area contributed by atoms with Crippen molar-refractivity contribution in [1.82, 2.24) is 0 Å². The quantitative estimate of drug-likeness (QED) is 0.628. The summed E-state index contributed by atoms with van der Waals surface area (Å²) in [6, 6.07) is 0.310. The first-order chi connectivity index (χ1) is 7.34. The maximum atomic E-state index is 5.93. The van der Waals surface area contributed by atoms with Crippen LogP contribution < -0.4 is 5.73 Å². The van der Waals surface area contributed by atoms with Crippen LogP contribution in [0.2, 0.25) is 0 Å². The Morgan fingerprint density at radius 2 is 1.80 bits per heavy atom. The Morgan fingerprint density at radius 1 is 1.07 bits per heavy atom. The molecule has 0 heterocycles. The minimum absolute atomic E-state index is 0.310. The van der Waals surface area contributed by atoms with Crippen LogP contribution in [-0.4, -0.2) is 18.8 Å². The number of hydrogen-bond donors (Lipinski definition) is 1. The molecule has 1 saturated carbocycles. The first-order valence-electron chi connectivity index (χ1n) is 6.71. The van der Waals surface area contributed by atoms with E-state index in [9.17, 15) is 0 Å². The third-order valence-electron chi connectivity index (χ3n) is 3.33. The van der Waals surface area contributed by atoms with Gasteiger partial charge in [0.1, 0.15) is 0 Å². The molecule has 2 nitrogen and oxygen atoms in total. The maximum Gasteiger partial charge on any atom is 0.0725 e. The fourth-order valence-corrected chi connectivity index (χ4v) is 2.28. The van der Waals surface area contributed by atoms with Crippen molar-refractivity contribution in [3.63, 3.8) is 0 Å². The van der Waals surface area contributed by atoms with Gasteiger partial charge in [-0.3, -0.25) is 0 Å². The zero-order valence-electron chi connectivity index (χ0n) is 10.2. The second kappa shape index (κ2) is 8.12. The molecule has 0 amide bonds. The van der Waals surface area contributed by atoms with Crippen molar-refractivity contribution in [2.45, 2.75) is 76.9 Å². The number of rotatable bonds is 8. The van der Waals surface area contributed by atoms with Crippen molar-refractivity contribution < 1.29 is 4.74 Å². The van der Waals surface area contributed by atoms with Crippen LogP contribution in [-0.2, 0) is 4.74 Å². The summed E-state index contributed by atoms with van der Waals surface area (Å²) in [6.45, 7) is 3.18. The molecule has 1 fully saturated rings. The fourth-order valence-electron chi connectivity index (χ4n) is 2.28. The smallest absolute Gasteiger partial charge is 0.0725 e. The Bertz CT molecular complexity index is 149. The monoisotopic (exact) mass is 213 g/mol. The number of nitrogens with two attached hydrogens (primary N) is 1. The summed E-state index contributed by atoms with van der Waals surface area (Å²) in [5, 5.41) is 0. The predicted molar refractivity (Wildman–Crippen MR) is 64.9 cm³/mol. The Balaban J connectivity index is 1.84. The lowest BCUT2D eigenvalue weighted by molar-refractivity contribution is 0.0455. The van der Waals surface area contributed by atoms with Crippen molar-refractivity contribution >= 4 is 0 Å². The lowest BCUT2D eigenvalue weighted by Crippen LogP contribution is -2.31. The molecule has 0 aromatic heterocycles. The summed E-state index contributed by atoms with van der Waals surface area (Å²) < 4.78 is 5.80. The predicted octanol–water partition coefficient (Wildman–Crippen LogP) is 3.24. The van der Waals surface area contributed by atoms with Crippen LogP contribution in [0.15, 0.2) is 0 Å². The van der Waals surface area contributed by atoms with Crippen molar-refractivity contribution in [2.75, 3.05) is 6.61 Å². The molecule has 0 saturated heterocycles. The number of hydrogen-bond acceptors (Lipinski definition) is 2. The van der Waals surface area contributed by atoms with Gasteiger partial charge >= 0.3 is 0 Å². The highest BCUT2D eigenvalue weighted by molar-refractivity contribution is 4.80. The van der Waals surface area contributed by atoms with Gasteiger partial charge in [0.25, 0.3) is 0 Å². The molecule has 90 valence electrons. The molecule has 2 atom stereocenters. The first-order valence-corrected chi connectivity index (χ1v) is 6.71. The van der Waals surface area contributed by atoms with Gasteiger partial charge in [-0.1, -0.05) is 39.0 Å². The zero-order valence-corrected chi connectivity index (χ0v) is 10.2. The van der Waals surface area contributed by atoms with E-state index in [1.54, 1.807) is 0 Å². The molecule has 1 aliphatic rings. The van der Waals surface area contributed by atoms with E-state index in [4.69, 9.17) is 10.5 Å². The molecule has 2 heteroatoms. The highest BCUT2D eigenvalue weighted by Gasteiger charge is 2.23. The Labute approximate surface area is 94.6 Å². The van der Waals surface area contributed by atoms with Crippen molar-refractivity contribution in [2.24, 2.45) is 5.73 Å². The summed E-state index contributed by atoms with van der Waals surface area (Å²) in [4.78, 5) is 0. The average molecular weight is 213 g/mol. The van der Waals surface area contributed by atoms with Crippen molar-refractivity contribution in [3.05, 3.63) is 0 Å². The van der Waals surface area contributed by atoms with E-state index >= 15 is 0 Å². The van der Waals surface area contributed by atoms with Gasteiger partial charge in [-0.2, -0.15) is 0 Å². The average Bonchev–Trinajstić information content (AvgIpc) is 2.63. The van der Waals surface area contributed by atoms with E-state index in [1.807, 2.05) is 0 Å². The summed E-state index contributed by atoms with van der Waals surface area (Å²) in [7, 11) is 0. The maximum absolute atomic E-state index is 5.93.